The van der Waals surface area contributed by atoms with E-state index in [1.807, 2.05) is 40.6 Å². The summed E-state index contributed by atoms with van der Waals surface area (Å²) in [7, 11) is 0. The third-order valence-corrected chi connectivity index (χ3v) is 5.50. The van der Waals surface area contributed by atoms with Crippen molar-refractivity contribution in [1.82, 2.24) is 29.7 Å². The van der Waals surface area contributed by atoms with Crippen molar-refractivity contribution in [3.63, 3.8) is 0 Å². The van der Waals surface area contributed by atoms with Gasteiger partial charge in [0, 0.05) is 54.4 Å². The maximum atomic E-state index is 6.01. The van der Waals surface area contributed by atoms with Crippen molar-refractivity contribution in [3.05, 3.63) is 65.1 Å². The van der Waals surface area contributed by atoms with Crippen LogP contribution in [0.1, 0.15) is 16.8 Å². The number of fused-ring (bicyclic) bond motifs is 1. The Morgan fingerprint density at radius 2 is 2.19 bits per heavy atom. The Morgan fingerprint density at radius 3 is 3.04 bits per heavy atom. The SMILES string of the molecule is c1cncc(-c2ccc3c([C@H]4CN(Cc5nccs5)CCO4)nnn3c2)c1. The molecule has 0 aliphatic carbocycles. The summed E-state index contributed by atoms with van der Waals surface area (Å²) in [5.74, 6) is 0. The Hall–Kier alpha value is -2.68. The van der Waals surface area contributed by atoms with E-state index >= 15 is 0 Å². The first-order valence-electron chi connectivity index (χ1n) is 8.84. The summed E-state index contributed by atoms with van der Waals surface area (Å²) in [6.07, 6.45) is 7.37. The highest BCUT2D eigenvalue weighted by molar-refractivity contribution is 7.09. The lowest BCUT2D eigenvalue weighted by atomic mass is 10.1. The molecule has 1 atom stereocenters. The van der Waals surface area contributed by atoms with Crippen molar-refractivity contribution in [3.8, 4) is 11.1 Å². The van der Waals surface area contributed by atoms with Gasteiger partial charge in [-0.3, -0.25) is 9.88 Å². The van der Waals surface area contributed by atoms with Crippen molar-refractivity contribution in [2.24, 2.45) is 0 Å². The van der Waals surface area contributed by atoms with E-state index in [1.54, 1.807) is 17.5 Å². The standard InChI is InChI=1S/C19H18N6OS/c1-2-14(10-20-5-1)15-3-4-16-19(22-23-25(16)11-15)17-12-24(7-8-26-17)13-18-21-6-9-27-18/h1-6,9-11,17H,7-8,12-13H2/t17-/m1/s1. The van der Waals surface area contributed by atoms with Crippen LogP contribution in [-0.4, -0.2) is 49.4 Å². The topological polar surface area (TPSA) is 68.4 Å². The molecular formula is C19H18N6OS. The molecule has 5 rings (SSSR count). The van der Waals surface area contributed by atoms with E-state index in [9.17, 15) is 0 Å². The number of hydrogen-bond acceptors (Lipinski definition) is 7. The van der Waals surface area contributed by atoms with Crippen molar-refractivity contribution >= 4 is 16.9 Å². The van der Waals surface area contributed by atoms with Crippen LogP contribution in [0.5, 0.6) is 0 Å². The van der Waals surface area contributed by atoms with Crippen molar-refractivity contribution < 1.29 is 4.74 Å². The zero-order valence-corrected chi connectivity index (χ0v) is 15.4. The monoisotopic (exact) mass is 378 g/mol. The van der Waals surface area contributed by atoms with Gasteiger partial charge in [0.2, 0.25) is 0 Å². The lowest BCUT2D eigenvalue weighted by Crippen LogP contribution is -2.38. The molecule has 27 heavy (non-hydrogen) atoms. The zero-order valence-electron chi connectivity index (χ0n) is 14.6. The number of rotatable bonds is 4. The fourth-order valence-corrected chi connectivity index (χ4v) is 4.04. The third-order valence-electron chi connectivity index (χ3n) is 4.73. The zero-order chi connectivity index (χ0) is 18.1. The van der Waals surface area contributed by atoms with E-state index in [0.29, 0.717) is 6.61 Å². The molecule has 1 aliphatic heterocycles. The molecule has 5 heterocycles. The Kier molecular flexibility index (Phi) is 4.36. The molecule has 0 spiro atoms. The molecular weight excluding hydrogens is 360 g/mol. The van der Waals surface area contributed by atoms with Gasteiger partial charge in [0.25, 0.3) is 0 Å². The lowest BCUT2D eigenvalue weighted by molar-refractivity contribution is -0.0343. The summed E-state index contributed by atoms with van der Waals surface area (Å²) in [4.78, 5) is 10.9. The number of pyridine rings is 2. The fraction of sp³-hybridized carbons (Fsp3) is 0.263. The summed E-state index contributed by atoms with van der Waals surface area (Å²) < 4.78 is 7.83. The van der Waals surface area contributed by atoms with Gasteiger partial charge < -0.3 is 4.74 Å². The van der Waals surface area contributed by atoms with Crippen molar-refractivity contribution in [2.45, 2.75) is 12.6 Å². The van der Waals surface area contributed by atoms with Crippen LogP contribution in [0.2, 0.25) is 0 Å². The minimum atomic E-state index is -0.0829. The number of nitrogens with zero attached hydrogens (tertiary/aromatic N) is 6. The van der Waals surface area contributed by atoms with Gasteiger partial charge >= 0.3 is 0 Å². The highest BCUT2D eigenvalue weighted by Crippen LogP contribution is 2.27. The summed E-state index contributed by atoms with van der Waals surface area (Å²) in [6, 6.07) is 8.10. The van der Waals surface area contributed by atoms with Crippen LogP contribution in [-0.2, 0) is 11.3 Å². The van der Waals surface area contributed by atoms with Crippen LogP contribution >= 0.6 is 11.3 Å². The first-order chi connectivity index (χ1) is 13.4. The van der Waals surface area contributed by atoms with E-state index in [4.69, 9.17) is 4.74 Å². The minimum Gasteiger partial charge on any atom is -0.369 e. The van der Waals surface area contributed by atoms with Crippen LogP contribution < -0.4 is 0 Å². The molecule has 0 radical (unpaired) electrons. The van der Waals surface area contributed by atoms with Gasteiger partial charge in [0.05, 0.1) is 18.7 Å². The number of morpholine rings is 1. The molecule has 0 unspecified atom stereocenters. The largest absolute Gasteiger partial charge is 0.369 e. The average Bonchev–Trinajstić information content (AvgIpc) is 3.38. The summed E-state index contributed by atoms with van der Waals surface area (Å²) >= 11 is 1.69. The van der Waals surface area contributed by atoms with Crippen molar-refractivity contribution in [2.75, 3.05) is 19.7 Å². The molecule has 7 nitrogen and oxygen atoms in total. The number of hydrogen-bond donors (Lipinski definition) is 0. The molecule has 1 aliphatic rings. The lowest BCUT2D eigenvalue weighted by Gasteiger charge is -2.31. The van der Waals surface area contributed by atoms with Crippen LogP contribution in [0, 0.1) is 0 Å². The smallest absolute Gasteiger partial charge is 0.121 e. The first kappa shape index (κ1) is 16.5. The molecule has 0 bridgehead atoms. The molecule has 0 aromatic carbocycles. The van der Waals surface area contributed by atoms with E-state index in [2.05, 4.69) is 37.3 Å². The summed E-state index contributed by atoms with van der Waals surface area (Å²) in [6.45, 7) is 3.23. The molecule has 8 heteroatoms. The first-order valence-corrected chi connectivity index (χ1v) is 9.72. The predicted molar refractivity (Wildman–Crippen MR) is 102 cm³/mol. The van der Waals surface area contributed by atoms with Crippen molar-refractivity contribution in [1.29, 1.82) is 0 Å². The second-order valence-corrected chi connectivity index (χ2v) is 7.46. The highest BCUT2D eigenvalue weighted by atomic mass is 32.1. The second kappa shape index (κ2) is 7.15. The van der Waals surface area contributed by atoms with Crippen LogP contribution in [0.3, 0.4) is 0 Å². The molecule has 4 aromatic rings. The average molecular weight is 378 g/mol. The highest BCUT2D eigenvalue weighted by Gasteiger charge is 2.26. The van der Waals surface area contributed by atoms with Gasteiger partial charge in [-0.1, -0.05) is 17.3 Å². The molecule has 0 N–H and O–H groups in total. The Labute approximate surface area is 160 Å². The molecule has 1 saturated heterocycles. The molecule has 1 fully saturated rings. The third kappa shape index (κ3) is 3.34. The Morgan fingerprint density at radius 1 is 1.19 bits per heavy atom. The van der Waals surface area contributed by atoms with E-state index in [1.165, 1.54) is 0 Å². The minimum absolute atomic E-state index is 0.0829. The molecule has 0 amide bonds. The van der Waals surface area contributed by atoms with Crippen LogP contribution in [0.25, 0.3) is 16.6 Å². The maximum absolute atomic E-state index is 6.01. The van der Waals surface area contributed by atoms with Crippen LogP contribution in [0.15, 0.2) is 54.4 Å². The summed E-state index contributed by atoms with van der Waals surface area (Å²) in [5, 5.41) is 11.9. The molecule has 136 valence electrons. The van der Waals surface area contributed by atoms with Gasteiger partial charge in [0.1, 0.15) is 16.8 Å². The van der Waals surface area contributed by atoms with E-state index < -0.39 is 0 Å². The van der Waals surface area contributed by atoms with Gasteiger partial charge in [-0.15, -0.1) is 16.4 Å². The van der Waals surface area contributed by atoms with Gasteiger partial charge in [-0.2, -0.15) is 0 Å². The van der Waals surface area contributed by atoms with Gasteiger partial charge in [-0.05, 0) is 12.1 Å². The van der Waals surface area contributed by atoms with Crippen LogP contribution in [0.4, 0.5) is 0 Å². The number of aromatic nitrogens is 5. The Bertz CT molecular complexity index is 1030. The van der Waals surface area contributed by atoms with E-state index in [-0.39, 0.29) is 6.10 Å². The fourth-order valence-electron chi connectivity index (χ4n) is 3.38. The number of ether oxygens (including phenoxy) is 1. The molecule has 4 aromatic heterocycles. The summed E-state index contributed by atoms with van der Waals surface area (Å²) in [5.41, 5.74) is 3.97. The second-order valence-electron chi connectivity index (χ2n) is 6.48. The normalized spacial score (nSPS) is 18.1. The Balaban J connectivity index is 1.39. The maximum Gasteiger partial charge on any atom is 0.121 e. The van der Waals surface area contributed by atoms with Gasteiger partial charge in [0.15, 0.2) is 0 Å². The van der Waals surface area contributed by atoms with E-state index in [0.717, 1.165) is 47.0 Å². The van der Waals surface area contributed by atoms with Gasteiger partial charge in [-0.25, -0.2) is 9.50 Å². The number of thiazole rings is 1. The predicted octanol–water partition coefficient (Wildman–Crippen LogP) is 2.82. The molecule has 0 saturated carbocycles. The quantitative estimate of drug-likeness (QED) is 0.544.